The van der Waals surface area contributed by atoms with E-state index in [-0.39, 0.29) is 22.5 Å². The van der Waals surface area contributed by atoms with E-state index in [0.29, 0.717) is 12.2 Å². The summed E-state index contributed by atoms with van der Waals surface area (Å²) in [5, 5.41) is 5.31. The monoisotopic (exact) mass is 545 g/mol. The number of carbonyl (C=O) groups excluding carboxylic acids is 3. The first kappa shape index (κ1) is 36.2. The van der Waals surface area contributed by atoms with Gasteiger partial charge in [-0.1, -0.05) is 90.8 Å². The number of hydrogen-bond acceptors (Lipinski definition) is 5. The highest BCUT2D eigenvalue weighted by Crippen LogP contribution is 2.30. The van der Waals surface area contributed by atoms with Gasteiger partial charge in [0.2, 0.25) is 17.7 Å². The Kier molecular flexibility index (Phi) is 23.6. The molecule has 0 fully saturated rings. The van der Waals surface area contributed by atoms with Crippen LogP contribution in [0.1, 0.15) is 77.6 Å². The summed E-state index contributed by atoms with van der Waals surface area (Å²) in [6.45, 7) is 14.9. The summed E-state index contributed by atoms with van der Waals surface area (Å²) in [5.41, 5.74) is 6.43. The van der Waals surface area contributed by atoms with Crippen LogP contribution in [0.3, 0.4) is 0 Å². The van der Waals surface area contributed by atoms with Crippen molar-refractivity contribution in [3.05, 3.63) is 46.2 Å². The topological polar surface area (TPSA) is 101 Å². The van der Waals surface area contributed by atoms with Crippen LogP contribution in [0.5, 0.6) is 0 Å². The first-order chi connectivity index (χ1) is 17.1. The molecule has 4 N–H and O–H groups in total. The van der Waals surface area contributed by atoms with Crippen LogP contribution in [0, 0.1) is 11.8 Å². The summed E-state index contributed by atoms with van der Waals surface area (Å²) in [6, 6.07) is 8.74. The van der Waals surface area contributed by atoms with Crippen molar-refractivity contribution in [3.63, 3.8) is 0 Å². The second-order valence-corrected chi connectivity index (χ2v) is 11.4. The number of nitrogens with two attached hydrogens (primary N) is 1. The molecule has 0 bridgehead atoms. The summed E-state index contributed by atoms with van der Waals surface area (Å²) >= 11 is 3.21. The number of carbonyl (C=O) groups is 3. The van der Waals surface area contributed by atoms with Crippen molar-refractivity contribution < 1.29 is 18.7 Å². The third kappa shape index (κ3) is 20.3. The number of allylic oxidation sites excluding steroid dienone is 1. The summed E-state index contributed by atoms with van der Waals surface area (Å²) < 4.78 is 1.10. The maximum atomic E-state index is 12.5. The molecule has 1 rings (SSSR count). The van der Waals surface area contributed by atoms with E-state index in [1.165, 1.54) is 31.7 Å². The lowest BCUT2D eigenvalue weighted by atomic mass is 10.0. The van der Waals surface area contributed by atoms with Gasteiger partial charge in [0.1, 0.15) is 6.04 Å². The van der Waals surface area contributed by atoms with Gasteiger partial charge in [0.05, 0.1) is 5.92 Å². The van der Waals surface area contributed by atoms with Crippen molar-refractivity contribution in [1.82, 2.24) is 10.6 Å². The Morgan fingerprint density at radius 3 is 2.00 bits per heavy atom. The van der Waals surface area contributed by atoms with Crippen molar-refractivity contribution >= 4 is 41.2 Å². The number of amides is 3. The van der Waals surface area contributed by atoms with Gasteiger partial charge in [-0.05, 0) is 24.2 Å². The molecule has 0 radical (unpaired) electrons. The van der Waals surface area contributed by atoms with Gasteiger partial charge < -0.3 is 16.4 Å². The zero-order valence-corrected chi connectivity index (χ0v) is 25.2. The van der Waals surface area contributed by atoms with Crippen molar-refractivity contribution in [2.24, 2.45) is 17.6 Å². The quantitative estimate of drug-likeness (QED) is 0.262. The van der Waals surface area contributed by atoms with E-state index >= 15 is 0 Å². The summed E-state index contributed by atoms with van der Waals surface area (Å²) in [4.78, 5) is 36.4. The first-order valence-electron chi connectivity index (χ1n) is 12.8. The number of hydrogen-bond donors (Lipinski definition) is 3. The molecule has 0 saturated carbocycles. The Labute approximate surface area is 232 Å². The van der Waals surface area contributed by atoms with Crippen LogP contribution in [-0.4, -0.2) is 42.3 Å². The zero-order valence-electron chi connectivity index (χ0n) is 23.6. The SMILES string of the molecule is C/C=C(\SCC)SC[C@@H](CC(=O)N[C@@H](Cc1ccccc1)C(=O)NC)C(N)=O.CC(C)C.CCCC.[HH].[HH].[HH]. The van der Waals surface area contributed by atoms with Crippen molar-refractivity contribution in [2.45, 2.75) is 80.2 Å². The van der Waals surface area contributed by atoms with Crippen LogP contribution in [0.15, 0.2) is 40.6 Å². The molecule has 1 aromatic carbocycles. The van der Waals surface area contributed by atoms with E-state index in [4.69, 9.17) is 5.73 Å². The summed E-state index contributed by atoms with van der Waals surface area (Å²) in [7, 11) is 1.53. The molecular weight excluding hydrogens is 490 g/mol. The zero-order chi connectivity index (χ0) is 27.9. The van der Waals surface area contributed by atoms with Crippen LogP contribution in [-0.2, 0) is 20.8 Å². The smallest absolute Gasteiger partial charge is 0.242 e. The van der Waals surface area contributed by atoms with E-state index in [9.17, 15) is 14.4 Å². The maximum absolute atomic E-state index is 12.5. The van der Waals surface area contributed by atoms with Gasteiger partial charge in [-0.3, -0.25) is 14.4 Å². The molecule has 36 heavy (non-hydrogen) atoms. The average Bonchev–Trinajstić information content (AvgIpc) is 2.85. The number of unbranched alkanes of at least 4 members (excludes halogenated alkanes) is 1. The number of rotatable bonds is 13. The van der Waals surface area contributed by atoms with E-state index in [2.05, 4.69) is 52.2 Å². The van der Waals surface area contributed by atoms with Crippen molar-refractivity contribution in [2.75, 3.05) is 18.6 Å². The number of likely N-dealkylation sites (N-methyl/N-ethyl adjacent to an activating group) is 1. The number of thioether (sulfide) groups is 2. The highest BCUT2D eigenvalue weighted by atomic mass is 32.2. The Morgan fingerprint density at radius 2 is 1.58 bits per heavy atom. The third-order valence-corrected chi connectivity index (χ3v) is 7.07. The normalized spacial score (nSPS) is 12.3. The van der Waals surface area contributed by atoms with Gasteiger partial charge in [-0.25, -0.2) is 0 Å². The van der Waals surface area contributed by atoms with E-state index in [1.807, 2.05) is 43.3 Å². The van der Waals surface area contributed by atoms with Crippen LogP contribution >= 0.6 is 23.5 Å². The van der Waals surface area contributed by atoms with Gasteiger partial charge in [0, 0.05) is 34.2 Å². The van der Waals surface area contributed by atoms with Crippen LogP contribution in [0.2, 0.25) is 0 Å². The lowest BCUT2D eigenvalue weighted by Gasteiger charge is -2.19. The van der Waals surface area contributed by atoms with Gasteiger partial charge in [-0.15, -0.1) is 23.5 Å². The number of nitrogens with one attached hydrogen (secondary N) is 2. The van der Waals surface area contributed by atoms with Gasteiger partial charge >= 0.3 is 0 Å². The second-order valence-electron chi connectivity index (χ2n) is 8.81. The standard InChI is InChI=1S/C20H29N3O3S2.2C4H10.3H2/c1-4-18(27-5-2)28-13-15(19(21)25)12-17(24)23-16(20(26)22-3)11-14-9-7-6-8-10-14;1-4(2)3;1-3-4-2;;;/h4,6-10,15-16H,5,11-13H2,1-3H3,(H2,21,25)(H,22,26)(H,23,24);4H,1-3H3;3-4H2,1-2H3;3*1H/b18-4+;;;;;/t15-,16+;;;;;/m1...../s1. The molecule has 0 unspecified atom stereocenters. The molecule has 0 aliphatic rings. The highest BCUT2D eigenvalue weighted by Gasteiger charge is 2.24. The predicted octanol–water partition coefficient (Wildman–Crippen LogP) is 6.51. The van der Waals surface area contributed by atoms with Crippen LogP contribution in [0.4, 0.5) is 0 Å². The molecule has 0 aliphatic carbocycles. The van der Waals surface area contributed by atoms with Crippen LogP contribution in [0.25, 0.3) is 0 Å². The number of benzene rings is 1. The fraction of sp³-hybridized carbons (Fsp3) is 0.607. The molecule has 212 valence electrons. The molecule has 0 spiro atoms. The Hall–Kier alpha value is -1.93. The van der Waals surface area contributed by atoms with Gasteiger partial charge in [0.25, 0.3) is 0 Å². The largest absolute Gasteiger partial charge is 0.369 e. The first-order valence-corrected chi connectivity index (χ1v) is 14.8. The minimum atomic E-state index is -0.706. The maximum Gasteiger partial charge on any atom is 0.242 e. The van der Waals surface area contributed by atoms with E-state index in [0.717, 1.165) is 21.5 Å². The molecule has 6 nitrogen and oxygen atoms in total. The Morgan fingerprint density at radius 1 is 1.03 bits per heavy atom. The fourth-order valence-corrected chi connectivity index (χ4v) is 4.64. The van der Waals surface area contributed by atoms with E-state index < -0.39 is 17.9 Å². The molecule has 0 aromatic heterocycles. The molecule has 0 aliphatic heterocycles. The Bertz CT molecular complexity index is 766. The molecule has 1 aromatic rings. The molecule has 0 heterocycles. The average molecular weight is 546 g/mol. The minimum absolute atomic E-state index is 0. The molecular formula is C28H55N3O3S2. The Balaban J connectivity index is -0.000000308. The third-order valence-electron chi connectivity index (χ3n) is 4.46. The summed E-state index contributed by atoms with van der Waals surface area (Å²) in [6.07, 6.45) is 4.95. The highest BCUT2D eigenvalue weighted by molar-refractivity contribution is 8.22. The predicted molar refractivity (Wildman–Crippen MR) is 165 cm³/mol. The lowest BCUT2D eigenvalue weighted by molar-refractivity contribution is -0.131. The minimum Gasteiger partial charge on any atom is -0.369 e. The molecule has 8 heteroatoms. The number of primary amides is 1. The van der Waals surface area contributed by atoms with Crippen LogP contribution < -0.4 is 16.4 Å². The fourth-order valence-electron chi connectivity index (χ4n) is 2.49. The van der Waals surface area contributed by atoms with E-state index in [1.54, 1.807) is 11.8 Å². The molecule has 2 atom stereocenters. The lowest BCUT2D eigenvalue weighted by Crippen LogP contribution is -2.48. The summed E-state index contributed by atoms with van der Waals surface area (Å²) in [5.74, 6) is 0.441. The molecule has 3 amide bonds. The van der Waals surface area contributed by atoms with Crippen molar-refractivity contribution in [3.8, 4) is 0 Å². The molecule has 0 saturated heterocycles. The second kappa shape index (κ2) is 23.5. The van der Waals surface area contributed by atoms with Crippen molar-refractivity contribution in [1.29, 1.82) is 0 Å². The van der Waals surface area contributed by atoms with Gasteiger partial charge in [-0.2, -0.15) is 0 Å². The van der Waals surface area contributed by atoms with Gasteiger partial charge in [0.15, 0.2) is 0 Å².